The lowest BCUT2D eigenvalue weighted by Crippen LogP contribution is -2.04. The number of carbonyl (C=O) groups is 1. The molecule has 0 radical (unpaired) electrons. The highest BCUT2D eigenvalue weighted by Gasteiger charge is 2.14. The molecule has 0 fully saturated rings. The summed E-state index contributed by atoms with van der Waals surface area (Å²) in [6.07, 6.45) is 1.25. The summed E-state index contributed by atoms with van der Waals surface area (Å²) in [4.78, 5) is 18.7. The van der Waals surface area contributed by atoms with E-state index >= 15 is 0 Å². The van der Waals surface area contributed by atoms with Crippen molar-refractivity contribution in [2.24, 2.45) is 0 Å². The minimum Gasteiger partial charge on any atom is -0.476 e. The number of aromatic nitrogens is 2. The van der Waals surface area contributed by atoms with E-state index in [1.54, 1.807) is 24.3 Å². The lowest BCUT2D eigenvalue weighted by Gasteiger charge is -2.04. The van der Waals surface area contributed by atoms with Crippen molar-refractivity contribution < 1.29 is 9.90 Å². The molecule has 6 heteroatoms. The zero-order chi connectivity index (χ0) is 12.4. The molecule has 0 saturated heterocycles. The van der Waals surface area contributed by atoms with E-state index in [0.717, 1.165) is 0 Å². The lowest BCUT2D eigenvalue weighted by atomic mass is 10.2. The Morgan fingerprint density at radius 2 is 1.88 bits per heavy atom. The molecule has 0 bridgehead atoms. The molecule has 1 aromatic heterocycles. The van der Waals surface area contributed by atoms with Gasteiger partial charge in [0.15, 0.2) is 11.5 Å². The zero-order valence-electron chi connectivity index (χ0n) is 8.39. The van der Waals surface area contributed by atoms with Crippen LogP contribution in [0.25, 0.3) is 11.4 Å². The molecule has 1 N–H and O–H groups in total. The van der Waals surface area contributed by atoms with Crippen LogP contribution in [0.3, 0.4) is 0 Å². The maximum atomic E-state index is 10.9. The van der Waals surface area contributed by atoms with Gasteiger partial charge in [0.1, 0.15) is 0 Å². The number of aromatic carboxylic acids is 1. The third kappa shape index (κ3) is 2.38. The normalized spacial score (nSPS) is 10.2. The van der Waals surface area contributed by atoms with Crippen molar-refractivity contribution >= 4 is 29.2 Å². The molecule has 4 nitrogen and oxygen atoms in total. The van der Waals surface area contributed by atoms with E-state index in [-0.39, 0.29) is 16.5 Å². The van der Waals surface area contributed by atoms with E-state index < -0.39 is 5.97 Å². The molecule has 0 aliphatic heterocycles. The summed E-state index contributed by atoms with van der Waals surface area (Å²) in [5, 5.41) is 9.34. The maximum Gasteiger partial charge on any atom is 0.356 e. The summed E-state index contributed by atoms with van der Waals surface area (Å²) in [6, 6.07) is 6.91. The Kier molecular flexibility index (Phi) is 3.26. The molecule has 0 unspecified atom stereocenters. The molecular formula is C11H6Cl2N2O2. The standard InChI is InChI=1S/C11H6Cl2N2O2/c12-7-4-2-1-3-6(7)10-14-5-8(13)9(15-10)11(16)17/h1-5H,(H,16,17). The lowest BCUT2D eigenvalue weighted by molar-refractivity contribution is 0.0690. The fourth-order valence-electron chi connectivity index (χ4n) is 1.29. The fraction of sp³-hybridized carbons (Fsp3) is 0. The molecule has 2 rings (SSSR count). The molecule has 0 spiro atoms. The van der Waals surface area contributed by atoms with Gasteiger partial charge < -0.3 is 5.11 Å². The zero-order valence-corrected chi connectivity index (χ0v) is 9.90. The first kappa shape index (κ1) is 11.8. The second kappa shape index (κ2) is 4.69. The number of carboxylic acid groups (broad SMARTS) is 1. The predicted molar refractivity (Wildman–Crippen MR) is 64.4 cm³/mol. The van der Waals surface area contributed by atoms with Crippen molar-refractivity contribution in [2.45, 2.75) is 0 Å². The Bertz CT molecular complexity index is 587. The maximum absolute atomic E-state index is 10.9. The van der Waals surface area contributed by atoms with Crippen LogP contribution in [0.1, 0.15) is 10.5 Å². The van der Waals surface area contributed by atoms with Gasteiger partial charge in [-0.3, -0.25) is 0 Å². The van der Waals surface area contributed by atoms with Crippen LogP contribution in [-0.4, -0.2) is 21.0 Å². The van der Waals surface area contributed by atoms with Crippen LogP contribution in [0.2, 0.25) is 10.0 Å². The quantitative estimate of drug-likeness (QED) is 0.909. The molecule has 0 amide bonds. The van der Waals surface area contributed by atoms with Crippen LogP contribution in [0.4, 0.5) is 0 Å². The Morgan fingerprint density at radius 1 is 1.18 bits per heavy atom. The molecule has 0 aliphatic carbocycles. The summed E-state index contributed by atoms with van der Waals surface area (Å²) < 4.78 is 0. The second-order valence-electron chi connectivity index (χ2n) is 3.18. The highest BCUT2D eigenvalue weighted by molar-refractivity contribution is 6.33. The third-order valence-electron chi connectivity index (χ3n) is 2.06. The first-order valence-electron chi connectivity index (χ1n) is 4.60. The van der Waals surface area contributed by atoms with Gasteiger partial charge in [0.2, 0.25) is 0 Å². The van der Waals surface area contributed by atoms with E-state index in [2.05, 4.69) is 9.97 Å². The SMILES string of the molecule is O=C(O)c1nc(-c2ccccc2Cl)ncc1Cl. The highest BCUT2D eigenvalue weighted by atomic mass is 35.5. The summed E-state index contributed by atoms with van der Waals surface area (Å²) in [7, 11) is 0. The number of rotatable bonds is 2. The number of hydrogen-bond acceptors (Lipinski definition) is 3. The van der Waals surface area contributed by atoms with Gasteiger partial charge in [-0.1, -0.05) is 35.3 Å². The Labute approximate surface area is 107 Å². The van der Waals surface area contributed by atoms with Crippen molar-refractivity contribution in [3.8, 4) is 11.4 Å². The van der Waals surface area contributed by atoms with Crippen LogP contribution in [-0.2, 0) is 0 Å². The molecule has 86 valence electrons. The van der Waals surface area contributed by atoms with Crippen molar-refractivity contribution in [1.82, 2.24) is 9.97 Å². The number of nitrogens with zero attached hydrogens (tertiary/aromatic N) is 2. The van der Waals surface area contributed by atoms with Crippen LogP contribution < -0.4 is 0 Å². The van der Waals surface area contributed by atoms with Gasteiger partial charge in [-0.05, 0) is 12.1 Å². The number of carboxylic acids is 1. The molecule has 17 heavy (non-hydrogen) atoms. The van der Waals surface area contributed by atoms with E-state index in [9.17, 15) is 4.79 Å². The monoisotopic (exact) mass is 268 g/mol. The molecule has 1 aromatic carbocycles. The van der Waals surface area contributed by atoms with Crippen molar-refractivity contribution in [1.29, 1.82) is 0 Å². The smallest absolute Gasteiger partial charge is 0.356 e. The first-order valence-corrected chi connectivity index (χ1v) is 5.36. The Balaban J connectivity index is 2.58. The van der Waals surface area contributed by atoms with E-state index in [1.165, 1.54) is 6.20 Å². The van der Waals surface area contributed by atoms with Crippen molar-refractivity contribution in [3.63, 3.8) is 0 Å². The van der Waals surface area contributed by atoms with Gasteiger partial charge in [-0.25, -0.2) is 14.8 Å². The fourth-order valence-corrected chi connectivity index (χ4v) is 1.68. The van der Waals surface area contributed by atoms with Gasteiger partial charge in [0.25, 0.3) is 0 Å². The van der Waals surface area contributed by atoms with Gasteiger partial charge >= 0.3 is 5.97 Å². The summed E-state index contributed by atoms with van der Waals surface area (Å²) >= 11 is 11.6. The van der Waals surface area contributed by atoms with E-state index in [4.69, 9.17) is 28.3 Å². The van der Waals surface area contributed by atoms with Gasteiger partial charge in [-0.2, -0.15) is 0 Å². The minimum absolute atomic E-state index is 0.00620. The summed E-state index contributed by atoms with van der Waals surface area (Å²) in [5.41, 5.74) is 0.324. The Morgan fingerprint density at radius 3 is 2.53 bits per heavy atom. The average molecular weight is 269 g/mol. The summed E-state index contributed by atoms with van der Waals surface area (Å²) in [6.45, 7) is 0. The van der Waals surface area contributed by atoms with Crippen molar-refractivity contribution in [3.05, 3.63) is 46.2 Å². The molecule has 2 aromatic rings. The van der Waals surface area contributed by atoms with Crippen molar-refractivity contribution in [2.75, 3.05) is 0 Å². The predicted octanol–water partition coefficient (Wildman–Crippen LogP) is 3.15. The number of hydrogen-bond donors (Lipinski definition) is 1. The topological polar surface area (TPSA) is 63.1 Å². The van der Waals surface area contributed by atoms with E-state index in [1.807, 2.05) is 0 Å². The molecule has 0 atom stereocenters. The van der Waals surface area contributed by atoms with Gasteiger partial charge in [0.05, 0.1) is 16.2 Å². The van der Waals surface area contributed by atoms with Gasteiger partial charge in [-0.15, -0.1) is 0 Å². The summed E-state index contributed by atoms with van der Waals surface area (Å²) in [5.74, 6) is -0.969. The van der Waals surface area contributed by atoms with Crippen LogP contribution >= 0.6 is 23.2 Å². The number of halogens is 2. The van der Waals surface area contributed by atoms with Gasteiger partial charge in [0, 0.05) is 5.56 Å². The highest BCUT2D eigenvalue weighted by Crippen LogP contribution is 2.25. The average Bonchev–Trinajstić information content (AvgIpc) is 2.30. The molecular weight excluding hydrogens is 263 g/mol. The Hall–Kier alpha value is -1.65. The molecule has 0 saturated carbocycles. The van der Waals surface area contributed by atoms with Crippen LogP contribution in [0, 0.1) is 0 Å². The third-order valence-corrected chi connectivity index (χ3v) is 2.67. The molecule has 0 aliphatic rings. The first-order chi connectivity index (χ1) is 8.09. The second-order valence-corrected chi connectivity index (χ2v) is 3.99. The van der Waals surface area contributed by atoms with Crippen LogP contribution in [0.5, 0.6) is 0 Å². The van der Waals surface area contributed by atoms with E-state index in [0.29, 0.717) is 10.6 Å². The largest absolute Gasteiger partial charge is 0.476 e. The minimum atomic E-state index is -1.20. The van der Waals surface area contributed by atoms with Crippen LogP contribution in [0.15, 0.2) is 30.5 Å². The number of benzene rings is 1. The molecule has 1 heterocycles.